The number of hydrogen-bond donors (Lipinski definition) is 1. The van der Waals surface area contributed by atoms with Crippen LogP contribution in [-0.2, 0) is 4.79 Å². The molecule has 29 heavy (non-hydrogen) atoms. The number of hydrogen-bond acceptors (Lipinski definition) is 6. The number of benzene rings is 2. The van der Waals surface area contributed by atoms with Crippen LogP contribution in [0.1, 0.15) is 0 Å². The minimum atomic E-state index is 0.00589. The van der Waals surface area contributed by atoms with Crippen molar-refractivity contribution in [1.29, 1.82) is 0 Å². The summed E-state index contributed by atoms with van der Waals surface area (Å²) in [4.78, 5) is 25.6. The zero-order valence-electron chi connectivity index (χ0n) is 15.9. The molecule has 1 aliphatic heterocycles. The van der Waals surface area contributed by atoms with Crippen LogP contribution in [0, 0.1) is 0 Å². The average Bonchev–Trinajstić information content (AvgIpc) is 3.14. The molecule has 1 saturated heterocycles. The van der Waals surface area contributed by atoms with Gasteiger partial charge in [-0.1, -0.05) is 30.3 Å². The van der Waals surface area contributed by atoms with Crippen molar-refractivity contribution in [2.24, 2.45) is 0 Å². The smallest absolute Gasteiger partial charge is 0.238 e. The number of fused-ring (bicyclic) bond motifs is 3. The van der Waals surface area contributed by atoms with E-state index in [0.29, 0.717) is 6.54 Å². The lowest BCUT2D eigenvalue weighted by atomic mass is 10.2. The van der Waals surface area contributed by atoms with Crippen molar-refractivity contribution in [2.75, 3.05) is 42.9 Å². The predicted octanol–water partition coefficient (Wildman–Crippen LogP) is 3.14. The number of aromatic nitrogens is 2. The molecule has 0 radical (unpaired) electrons. The third kappa shape index (κ3) is 3.52. The molecule has 2 aromatic heterocycles. The number of rotatable bonds is 4. The maximum Gasteiger partial charge on any atom is 0.238 e. The van der Waals surface area contributed by atoms with Gasteiger partial charge in [0, 0.05) is 37.3 Å². The van der Waals surface area contributed by atoms with E-state index in [4.69, 9.17) is 4.42 Å². The van der Waals surface area contributed by atoms with Crippen LogP contribution >= 0.6 is 0 Å². The third-order valence-electron chi connectivity index (χ3n) is 5.24. The largest absolute Gasteiger partial charge is 0.450 e. The number of piperazine rings is 1. The van der Waals surface area contributed by atoms with Crippen molar-refractivity contribution in [3.8, 4) is 0 Å². The number of anilines is 2. The molecule has 0 unspecified atom stereocenters. The van der Waals surface area contributed by atoms with E-state index in [1.54, 1.807) is 6.33 Å². The van der Waals surface area contributed by atoms with Gasteiger partial charge in [-0.2, -0.15) is 0 Å². The minimum Gasteiger partial charge on any atom is -0.450 e. The van der Waals surface area contributed by atoms with Gasteiger partial charge in [-0.3, -0.25) is 9.69 Å². The van der Waals surface area contributed by atoms with E-state index in [2.05, 4.69) is 25.1 Å². The minimum absolute atomic E-state index is 0.00589. The van der Waals surface area contributed by atoms with Gasteiger partial charge in [0.15, 0.2) is 11.4 Å². The summed E-state index contributed by atoms with van der Waals surface area (Å²) in [6.45, 7) is 3.51. The summed E-state index contributed by atoms with van der Waals surface area (Å²) in [5.41, 5.74) is 3.21. The van der Waals surface area contributed by atoms with E-state index < -0.39 is 0 Å². The van der Waals surface area contributed by atoms with Gasteiger partial charge >= 0.3 is 0 Å². The Bertz CT molecular complexity index is 1150. The van der Waals surface area contributed by atoms with E-state index in [1.165, 1.54) is 0 Å². The molecule has 7 heteroatoms. The molecular formula is C22H21N5O2. The molecule has 4 aromatic rings. The van der Waals surface area contributed by atoms with Gasteiger partial charge in [0.1, 0.15) is 17.4 Å². The Labute approximate surface area is 168 Å². The van der Waals surface area contributed by atoms with Crippen LogP contribution in [0.2, 0.25) is 0 Å². The summed E-state index contributed by atoms with van der Waals surface area (Å²) in [5.74, 6) is 0.825. The third-order valence-corrected chi connectivity index (χ3v) is 5.24. The monoisotopic (exact) mass is 387 g/mol. The first-order valence-corrected chi connectivity index (χ1v) is 9.72. The van der Waals surface area contributed by atoms with Crippen molar-refractivity contribution >= 4 is 39.5 Å². The Morgan fingerprint density at radius 2 is 1.72 bits per heavy atom. The predicted molar refractivity (Wildman–Crippen MR) is 113 cm³/mol. The number of furan rings is 1. The van der Waals surface area contributed by atoms with Gasteiger partial charge in [-0.15, -0.1) is 0 Å². The number of carbonyl (C=O) groups excluding carboxylic acids is 1. The summed E-state index contributed by atoms with van der Waals surface area (Å²) in [6.07, 6.45) is 1.60. The van der Waals surface area contributed by atoms with Gasteiger partial charge in [0.05, 0.1) is 6.54 Å². The van der Waals surface area contributed by atoms with Gasteiger partial charge in [0.2, 0.25) is 5.91 Å². The van der Waals surface area contributed by atoms with Crippen molar-refractivity contribution in [1.82, 2.24) is 14.9 Å². The lowest BCUT2D eigenvalue weighted by Crippen LogP contribution is -2.49. The maximum absolute atomic E-state index is 12.3. The highest BCUT2D eigenvalue weighted by Crippen LogP contribution is 2.32. The molecule has 0 atom stereocenters. The van der Waals surface area contributed by atoms with Gasteiger partial charge in [0.25, 0.3) is 0 Å². The van der Waals surface area contributed by atoms with Crippen LogP contribution in [0.15, 0.2) is 65.3 Å². The molecule has 0 saturated carbocycles. The van der Waals surface area contributed by atoms with E-state index in [-0.39, 0.29) is 5.91 Å². The Hall–Kier alpha value is -3.45. The highest BCUT2D eigenvalue weighted by Gasteiger charge is 2.23. The van der Waals surface area contributed by atoms with Gasteiger partial charge < -0.3 is 14.6 Å². The van der Waals surface area contributed by atoms with Gasteiger partial charge in [-0.25, -0.2) is 9.97 Å². The summed E-state index contributed by atoms with van der Waals surface area (Å²) in [5, 5.41) is 3.94. The first-order chi connectivity index (χ1) is 14.3. The molecule has 0 bridgehead atoms. The first-order valence-electron chi connectivity index (χ1n) is 9.72. The zero-order chi connectivity index (χ0) is 19.6. The van der Waals surface area contributed by atoms with E-state index in [0.717, 1.165) is 59.8 Å². The second-order valence-corrected chi connectivity index (χ2v) is 7.15. The van der Waals surface area contributed by atoms with Crippen LogP contribution in [0.5, 0.6) is 0 Å². The van der Waals surface area contributed by atoms with E-state index in [9.17, 15) is 4.79 Å². The second-order valence-electron chi connectivity index (χ2n) is 7.15. The first kappa shape index (κ1) is 17.6. The standard InChI is InChI=1S/C22H21N5O2/c28-19(25-16-6-2-1-3-7-16)14-26-10-12-27(13-11-26)22-21-20(23-15-24-22)17-8-4-5-9-18(17)29-21/h1-9,15H,10-14H2,(H,25,28). The second kappa shape index (κ2) is 7.52. The topological polar surface area (TPSA) is 74.5 Å². The molecule has 7 nitrogen and oxygen atoms in total. The number of nitrogens with zero attached hydrogens (tertiary/aromatic N) is 4. The lowest BCUT2D eigenvalue weighted by Gasteiger charge is -2.34. The van der Waals surface area contributed by atoms with Crippen molar-refractivity contribution in [3.05, 3.63) is 60.9 Å². The molecular weight excluding hydrogens is 366 g/mol. The molecule has 1 fully saturated rings. The summed E-state index contributed by atoms with van der Waals surface area (Å²) >= 11 is 0. The SMILES string of the molecule is O=C(CN1CCN(c2ncnc3c2oc2ccccc23)CC1)Nc1ccccc1. The fourth-order valence-electron chi connectivity index (χ4n) is 3.78. The quantitative estimate of drug-likeness (QED) is 0.580. The molecule has 0 aliphatic carbocycles. The normalized spacial score (nSPS) is 15.1. The summed E-state index contributed by atoms with van der Waals surface area (Å²) in [6, 6.07) is 17.4. The van der Waals surface area contributed by atoms with Crippen LogP contribution in [0.25, 0.3) is 22.1 Å². The average molecular weight is 387 g/mol. The van der Waals surface area contributed by atoms with Crippen LogP contribution in [0.3, 0.4) is 0 Å². The van der Waals surface area contributed by atoms with Crippen LogP contribution < -0.4 is 10.2 Å². The number of amides is 1. The summed E-state index contributed by atoms with van der Waals surface area (Å²) < 4.78 is 6.05. The Morgan fingerprint density at radius 3 is 2.55 bits per heavy atom. The molecule has 146 valence electrons. The molecule has 1 amide bonds. The molecule has 3 heterocycles. The van der Waals surface area contributed by atoms with Crippen LogP contribution in [0.4, 0.5) is 11.5 Å². The summed E-state index contributed by atoms with van der Waals surface area (Å²) in [7, 11) is 0. The van der Waals surface area contributed by atoms with Crippen molar-refractivity contribution in [2.45, 2.75) is 0 Å². The molecule has 5 rings (SSSR count). The van der Waals surface area contributed by atoms with Crippen molar-refractivity contribution in [3.63, 3.8) is 0 Å². The zero-order valence-corrected chi connectivity index (χ0v) is 15.9. The van der Waals surface area contributed by atoms with Gasteiger partial charge in [-0.05, 0) is 24.3 Å². The maximum atomic E-state index is 12.3. The van der Waals surface area contributed by atoms with E-state index >= 15 is 0 Å². The number of para-hydroxylation sites is 2. The highest BCUT2D eigenvalue weighted by molar-refractivity contribution is 6.05. The molecule has 1 aliphatic rings. The Morgan fingerprint density at radius 1 is 0.966 bits per heavy atom. The molecule has 1 N–H and O–H groups in total. The lowest BCUT2D eigenvalue weighted by molar-refractivity contribution is -0.117. The number of nitrogens with one attached hydrogen (secondary N) is 1. The Kier molecular flexibility index (Phi) is 4.57. The van der Waals surface area contributed by atoms with Crippen LogP contribution in [-0.4, -0.2) is 53.5 Å². The highest BCUT2D eigenvalue weighted by atomic mass is 16.3. The molecule has 0 spiro atoms. The number of carbonyl (C=O) groups is 1. The van der Waals surface area contributed by atoms with E-state index in [1.807, 2.05) is 54.6 Å². The Balaban J connectivity index is 1.27. The fraction of sp³-hybridized carbons (Fsp3) is 0.227. The fourth-order valence-corrected chi connectivity index (χ4v) is 3.78. The molecule has 2 aromatic carbocycles. The van der Waals surface area contributed by atoms with Crippen molar-refractivity contribution < 1.29 is 9.21 Å².